The number of nitrogens with zero attached hydrogens (tertiary/aromatic N) is 9. The van der Waals surface area contributed by atoms with Crippen molar-refractivity contribution in [2.75, 3.05) is 20.6 Å². The van der Waals surface area contributed by atoms with Gasteiger partial charge >= 0.3 is 0 Å². The van der Waals surface area contributed by atoms with Gasteiger partial charge in [-0.25, -0.2) is 4.98 Å². The second-order valence-corrected chi connectivity index (χ2v) is 7.45. The fourth-order valence-corrected chi connectivity index (χ4v) is 3.23. The molecule has 0 fully saturated rings. The highest BCUT2D eigenvalue weighted by atomic mass is 16.5. The van der Waals surface area contributed by atoms with Gasteiger partial charge in [-0.1, -0.05) is 23.4 Å². The van der Waals surface area contributed by atoms with Gasteiger partial charge in [-0.2, -0.15) is 9.61 Å². The molecular formula is C20H21N9O2. The molecule has 0 amide bonds. The van der Waals surface area contributed by atoms with E-state index in [0.29, 0.717) is 34.6 Å². The van der Waals surface area contributed by atoms with Crippen LogP contribution in [0.15, 0.2) is 41.2 Å². The molecule has 1 aromatic carbocycles. The van der Waals surface area contributed by atoms with Crippen molar-refractivity contribution >= 4 is 16.4 Å². The molecule has 158 valence electrons. The molecule has 31 heavy (non-hydrogen) atoms. The molecule has 5 rings (SSSR count). The van der Waals surface area contributed by atoms with E-state index in [9.17, 15) is 0 Å². The Hall–Kier alpha value is -3.86. The van der Waals surface area contributed by atoms with Crippen molar-refractivity contribution < 1.29 is 9.26 Å². The predicted molar refractivity (Wildman–Crippen MR) is 111 cm³/mol. The standard InChI is InChI=1S/C20H21N9O2/c1-13-10-16(26-31-13)19-23-22-18-14-6-4-5-7-15(14)20(25-29(18)19)30-11-17-21-12-28(24-17)9-8-27(2)3/h4-7,10,12H,8-9,11H2,1-3H3. The SMILES string of the molecule is Cc1cc(-c2nnc3c4ccccc4c(OCc4ncn(CCN(C)C)n4)nn23)no1. The number of ether oxygens (including phenoxy) is 1. The first-order chi connectivity index (χ1) is 15.1. The summed E-state index contributed by atoms with van der Waals surface area (Å²) in [4.78, 5) is 6.43. The maximum Gasteiger partial charge on any atom is 0.240 e. The molecule has 0 aliphatic rings. The Morgan fingerprint density at radius 1 is 1.10 bits per heavy atom. The number of aryl methyl sites for hydroxylation is 1. The van der Waals surface area contributed by atoms with E-state index in [0.717, 1.165) is 23.9 Å². The number of benzene rings is 1. The molecule has 0 unspecified atom stereocenters. The van der Waals surface area contributed by atoms with Crippen molar-refractivity contribution in [3.63, 3.8) is 0 Å². The molecule has 11 heteroatoms. The number of likely N-dealkylation sites (N-methyl/N-ethyl adjacent to an activating group) is 1. The zero-order valence-electron chi connectivity index (χ0n) is 17.4. The molecule has 4 aromatic heterocycles. The molecule has 0 spiro atoms. The highest BCUT2D eigenvalue weighted by molar-refractivity contribution is 5.96. The maximum atomic E-state index is 6.04. The third-order valence-electron chi connectivity index (χ3n) is 4.79. The summed E-state index contributed by atoms with van der Waals surface area (Å²) in [5.74, 6) is 2.18. The van der Waals surface area contributed by atoms with Gasteiger partial charge in [-0.15, -0.1) is 15.3 Å². The zero-order chi connectivity index (χ0) is 21.4. The number of hydrogen-bond acceptors (Lipinski definition) is 9. The van der Waals surface area contributed by atoms with E-state index in [2.05, 4.69) is 35.4 Å². The van der Waals surface area contributed by atoms with Gasteiger partial charge in [0.25, 0.3) is 0 Å². The lowest BCUT2D eigenvalue weighted by atomic mass is 10.2. The van der Waals surface area contributed by atoms with Gasteiger partial charge in [-0.05, 0) is 27.1 Å². The zero-order valence-corrected chi connectivity index (χ0v) is 17.4. The monoisotopic (exact) mass is 419 g/mol. The van der Waals surface area contributed by atoms with E-state index in [1.807, 2.05) is 45.3 Å². The van der Waals surface area contributed by atoms with Crippen molar-refractivity contribution in [1.82, 2.24) is 44.6 Å². The highest BCUT2D eigenvalue weighted by Crippen LogP contribution is 2.28. The summed E-state index contributed by atoms with van der Waals surface area (Å²) < 4.78 is 14.6. The van der Waals surface area contributed by atoms with Crippen LogP contribution in [-0.2, 0) is 13.2 Å². The van der Waals surface area contributed by atoms with Crippen LogP contribution in [0.5, 0.6) is 5.88 Å². The Morgan fingerprint density at radius 2 is 1.94 bits per heavy atom. The van der Waals surface area contributed by atoms with Crippen LogP contribution in [0, 0.1) is 6.92 Å². The van der Waals surface area contributed by atoms with Crippen LogP contribution in [0.2, 0.25) is 0 Å². The first-order valence-electron chi connectivity index (χ1n) is 9.82. The number of rotatable bonds is 7. The summed E-state index contributed by atoms with van der Waals surface area (Å²) in [6.45, 7) is 3.65. The number of fused-ring (bicyclic) bond motifs is 3. The first-order valence-corrected chi connectivity index (χ1v) is 9.82. The lowest BCUT2D eigenvalue weighted by molar-refractivity contribution is 0.282. The van der Waals surface area contributed by atoms with Crippen LogP contribution >= 0.6 is 0 Å². The average molecular weight is 419 g/mol. The van der Waals surface area contributed by atoms with Crippen LogP contribution in [0.4, 0.5) is 0 Å². The summed E-state index contributed by atoms with van der Waals surface area (Å²) in [5, 5.41) is 23.4. The lowest BCUT2D eigenvalue weighted by Gasteiger charge is -2.09. The van der Waals surface area contributed by atoms with Gasteiger partial charge in [0.15, 0.2) is 23.8 Å². The Bertz CT molecular complexity index is 1350. The molecule has 4 heterocycles. The van der Waals surface area contributed by atoms with Crippen molar-refractivity contribution in [2.24, 2.45) is 0 Å². The molecule has 0 saturated heterocycles. The minimum absolute atomic E-state index is 0.192. The molecule has 5 aromatic rings. The minimum Gasteiger partial charge on any atom is -0.468 e. The quantitative estimate of drug-likeness (QED) is 0.391. The van der Waals surface area contributed by atoms with Gasteiger partial charge in [0.2, 0.25) is 11.7 Å². The van der Waals surface area contributed by atoms with Crippen molar-refractivity contribution in [3.8, 4) is 17.4 Å². The summed E-state index contributed by atoms with van der Waals surface area (Å²) in [6.07, 6.45) is 1.71. The molecule has 0 aliphatic carbocycles. The van der Waals surface area contributed by atoms with E-state index in [4.69, 9.17) is 9.26 Å². The normalized spacial score (nSPS) is 11.7. The topological polar surface area (TPSA) is 112 Å². The second-order valence-electron chi connectivity index (χ2n) is 7.45. The summed E-state index contributed by atoms with van der Waals surface area (Å²) in [6, 6.07) is 9.56. The molecule has 11 nitrogen and oxygen atoms in total. The van der Waals surface area contributed by atoms with Crippen LogP contribution in [0.25, 0.3) is 27.9 Å². The maximum absolute atomic E-state index is 6.04. The molecule has 0 atom stereocenters. The molecule has 0 bridgehead atoms. The van der Waals surface area contributed by atoms with Gasteiger partial charge in [0.05, 0.1) is 6.54 Å². The van der Waals surface area contributed by atoms with E-state index in [1.165, 1.54) is 0 Å². The van der Waals surface area contributed by atoms with E-state index in [-0.39, 0.29) is 6.61 Å². The molecule has 0 saturated carbocycles. The smallest absolute Gasteiger partial charge is 0.240 e. The molecular weight excluding hydrogens is 398 g/mol. The number of hydrogen-bond donors (Lipinski definition) is 0. The van der Waals surface area contributed by atoms with E-state index >= 15 is 0 Å². The Balaban J connectivity index is 1.49. The third-order valence-corrected chi connectivity index (χ3v) is 4.79. The molecule has 0 N–H and O–H groups in total. The van der Waals surface area contributed by atoms with Crippen molar-refractivity contribution in [3.05, 3.63) is 48.2 Å². The third kappa shape index (κ3) is 3.70. The van der Waals surface area contributed by atoms with Gasteiger partial charge < -0.3 is 14.2 Å². The Kier molecular flexibility index (Phi) is 4.79. The summed E-state index contributed by atoms with van der Waals surface area (Å²) >= 11 is 0. The van der Waals surface area contributed by atoms with Gasteiger partial charge in [0, 0.05) is 23.4 Å². The van der Waals surface area contributed by atoms with Gasteiger partial charge in [0.1, 0.15) is 12.1 Å². The summed E-state index contributed by atoms with van der Waals surface area (Å²) in [5.41, 5.74) is 1.17. The largest absolute Gasteiger partial charge is 0.468 e. The fourth-order valence-electron chi connectivity index (χ4n) is 3.23. The van der Waals surface area contributed by atoms with Crippen LogP contribution < -0.4 is 4.74 Å². The first kappa shape index (κ1) is 19.1. The highest BCUT2D eigenvalue weighted by Gasteiger charge is 2.18. The van der Waals surface area contributed by atoms with Crippen molar-refractivity contribution in [2.45, 2.75) is 20.1 Å². The Morgan fingerprint density at radius 3 is 2.71 bits per heavy atom. The Labute approximate surface area is 177 Å². The number of aromatic nitrogens is 8. The lowest BCUT2D eigenvalue weighted by Crippen LogP contribution is -2.18. The van der Waals surface area contributed by atoms with E-state index < -0.39 is 0 Å². The second kappa shape index (κ2) is 7.76. The predicted octanol–water partition coefficient (Wildman–Crippen LogP) is 1.97. The molecule has 0 aliphatic heterocycles. The van der Waals surface area contributed by atoms with Gasteiger partial charge in [-0.3, -0.25) is 4.68 Å². The van der Waals surface area contributed by atoms with Crippen LogP contribution in [0.1, 0.15) is 11.6 Å². The average Bonchev–Trinajstić information content (AvgIpc) is 3.50. The van der Waals surface area contributed by atoms with Crippen LogP contribution in [0.3, 0.4) is 0 Å². The van der Waals surface area contributed by atoms with E-state index in [1.54, 1.807) is 21.6 Å². The van der Waals surface area contributed by atoms with Crippen molar-refractivity contribution in [1.29, 1.82) is 0 Å². The van der Waals surface area contributed by atoms with Crippen LogP contribution in [-0.4, -0.2) is 65.3 Å². The fraction of sp³-hybridized carbons (Fsp3) is 0.300. The summed E-state index contributed by atoms with van der Waals surface area (Å²) in [7, 11) is 4.04. The molecule has 0 radical (unpaired) electrons. The minimum atomic E-state index is 0.192.